The van der Waals surface area contributed by atoms with E-state index in [4.69, 9.17) is 5.73 Å². The quantitative estimate of drug-likeness (QED) is 0.769. The van der Waals surface area contributed by atoms with Gasteiger partial charge in [0.15, 0.2) is 0 Å². The maximum Gasteiger partial charge on any atom is 0.147 e. The van der Waals surface area contributed by atoms with Crippen LogP contribution in [0.3, 0.4) is 0 Å². The monoisotopic (exact) mass is 209 g/mol. The summed E-state index contributed by atoms with van der Waals surface area (Å²) in [5, 5.41) is 8.31. The zero-order chi connectivity index (χ0) is 10.8. The summed E-state index contributed by atoms with van der Waals surface area (Å²) in [7, 11) is 0. The van der Waals surface area contributed by atoms with Crippen LogP contribution in [0, 0.1) is 6.92 Å². The fraction of sp³-hybridized carbons (Fsp3) is 0.800. The van der Waals surface area contributed by atoms with Gasteiger partial charge in [0, 0.05) is 25.7 Å². The van der Waals surface area contributed by atoms with Gasteiger partial charge in [0.05, 0.1) is 6.54 Å². The molecule has 1 saturated heterocycles. The molecule has 0 aliphatic carbocycles. The van der Waals surface area contributed by atoms with Crippen molar-refractivity contribution in [3.05, 3.63) is 11.6 Å². The van der Waals surface area contributed by atoms with E-state index in [0.717, 1.165) is 44.2 Å². The highest BCUT2D eigenvalue weighted by molar-refractivity contribution is 4.95. The molecule has 2 N–H and O–H groups in total. The minimum absolute atomic E-state index is 0.337. The number of hydrogen-bond donors (Lipinski definition) is 1. The molecule has 1 fully saturated rings. The predicted molar refractivity (Wildman–Crippen MR) is 58.3 cm³/mol. The number of rotatable bonds is 3. The van der Waals surface area contributed by atoms with Gasteiger partial charge >= 0.3 is 0 Å². The summed E-state index contributed by atoms with van der Waals surface area (Å²) >= 11 is 0. The molecule has 0 radical (unpaired) electrons. The Bertz CT molecular complexity index is 333. The van der Waals surface area contributed by atoms with Crippen molar-refractivity contribution >= 4 is 0 Å². The number of nitrogens with zero attached hydrogens (tertiary/aromatic N) is 4. The number of nitrogens with two attached hydrogens (primary N) is 1. The Morgan fingerprint density at radius 3 is 2.87 bits per heavy atom. The minimum atomic E-state index is 0.337. The first-order valence-electron chi connectivity index (χ1n) is 5.57. The Balaban J connectivity index is 2.04. The molecule has 1 aliphatic heterocycles. The van der Waals surface area contributed by atoms with Crippen LogP contribution in [0.4, 0.5) is 0 Å². The SMILES string of the molecule is CCn1c(C)nnc1CN1CC[C@H](N)C1. The van der Waals surface area contributed by atoms with Crippen LogP contribution >= 0.6 is 0 Å². The second-order valence-corrected chi connectivity index (χ2v) is 4.19. The molecular weight excluding hydrogens is 190 g/mol. The largest absolute Gasteiger partial charge is 0.326 e. The summed E-state index contributed by atoms with van der Waals surface area (Å²) < 4.78 is 2.16. The third-order valence-electron chi connectivity index (χ3n) is 3.00. The van der Waals surface area contributed by atoms with Crippen molar-refractivity contribution < 1.29 is 0 Å². The van der Waals surface area contributed by atoms with Gasteiger partial charge in [-0.25, -0.2) is 0 Å². The fourth-order valence-electron chi connectivity index (χ4n) is 2.16. The van der Waals surface area contributed by atoms with Crippen LogP contribution in [0.5, 0.6) is 0 Å². The standard InChI is InChI=1S/C10H19N5/c1-3-15-8(2)12-13-10(15)7-14-5-4-9(11)6-14/h9H,3-7,11H2,1-2H3/t9-/m0/s1. The predicted octanol–water partition coefficient (Wildman–Crippen LogP) is 0.139. The van der Waals surface area contributed by atoms with Gasteiger partial charge in [-0.3, -0.25) is 4.90 Å². The molecule has 0 aromatic carbocycles. The summed E-state index contributed by atoms with van der Waals surface area (Å²) in [4.78, 5) is 2.35. The molecule has 2 rings (SSSR count). The molecular formula is C10H19N5. The molecule has 1 atom stereocenters. The maximum atomic E-state index is 5.87. The lowest BCUT2D eigenvalue weighted by molar-refractivity contribution is 0.312. The molecule has 1 aliphatic rings. The minimum Gasteiger partial charge on any atom is -0.326 e. The number of aromatic nitrogens is 3. The van der Waals surface area contributed by atoms with Gasteiger partial charge in [-0.1, -0.05) is 0 Å². The first kappa shape index (κ1) is 10.6. The average Bonchev–Trinajstić information content (AvgIpc) is 2.75. The van der Waals surface area contributed by atoms with E-state index in [1.165, 1.54) is 0 Å². The molecule has 0 spiro atoms. The highest BCUT2D eigenvalue weighted by atomic mass is 15.3. The Morgan fingerprint density at radius 2 is 2.27 bits per heavy atom. The van der Waals surface area contributed by atoms with Crippen LogP contribution in [0.1, 0.15) is 25.0 Å². The Kier molecular flexibility index (Phi) is 3.02. The smallest absolute Gasteiger partial charge is 0.147 e. The number of likely N-dealkylation sites (tertiary alicyclic amines) is 1. The molecule has 5 heteroatoms. The molecule has 0 bridgehead atoms. The van der Waals surface area contributed by atoms with E-state index < -0.39 is 0 Å². The zero-order valence-corrected chi connectivity index (χ0v) is 9.48. The third-order valence-corrected chi connectivity index (χ3v) is 3.00. The van der Waals surface area contributed by atoms with E-state index in [1.54, 1.807) is 0 Å². The van der Waals surface area contributed by atoms with Gasteiger partial charge in [-0.2, -0.15) is 0 Å². The Labute approximate surface area is 90.3 Å². The maximum absolute atomic E-state index is 5.87. The molecule has 1 aromatic rings. The van der Waals surface area contributed by atoms with Gasteiger partial charge in [-0.15, -0.1) is 10.2 Å². The van der Waals surface area contributed by atoms with Crippen molar-refractivity contribution in [1.82, 2.24) is 19.7 Å². The highest BCUT2D eigenvalue weighted by Crippen LogP contribution is 2.11. The second kappa shape index (κ2) is 4.28. The van der Waals surface area contributed by atoms with E-state index in [1.807, 2.05) is 6.92 Å². The Morgan fingerprint density at radius 1 is 1.47 bits per heavy atom. The van der Waals surface area contributed by atoms with Gasteiger partial charge in [0.1, 0.15) is 11.6 Å². The Hall–Kier alpha value is -0.940. The number of hydrogen-bond acceptors (Lipinski definition) is 4. The van der Waals surface area contributed by atoms with Gasteiger partial charge < -0.3 is 10.3 Å². The van der Waals surface area contributed by atoms with Crippen LogP contribution in [0.25, 0.3) is 0 Å². The van der Waals surface area contributed by atoms with Crippen molar-refractivity contribution in [2.24, 2.45) is 5.73 Å². The molecule has 84 valence electrons. The van der Waals surface area contributed by atoms with Crippen LogP contribution in [-0.4, -0.2) is 38.8 Å². The topological polar surface area (TPSA) is 60.0 Å². The summed E-state index contributed by atoms with van der Waals surface area (Å²) in [5.74, 6) is 2.06. The van der Waals surface area contributed by atoms with Crippen molar-refractivity contribution in [3.8, 4) is 0 Å². The normalized spacial score (nSPS) is 22.5. The van der Waals surface area contributed by atoms with Crippen molar-refractivity contribution in [2.75, 3.05) is 13.1 Å². The lowest BCUT2D eigenvalue weighted by Crippen LogP contribution is -2.27. The van der Waals surface area contributed by atoms with Crippen molar-refractivity contribution in [3.63, 3.8) is 0 Å². The summed E-state index contributed by atoms with van der Waals surface area (Å²) in [6.07, 6.45) is 1.10. The molecule has 0 unspecified atom stereocenters. The molecule has 15 heavy (non-hydrogen) atoms. The molecule has 0 amide bonds. The molecule has 2 heterocycles. The lowest BCUT2D eigenvalue weighted by atomic mass is 10.3. The fourth-order valence-corrected chi connectivity index (χ4v) is 2.16. The van der Waals surface area contributed by atoms with E-state index >= 15 is 0 Å². The van der Waals surface area contributed by atoms with Crippen molar-refractivity contribution in [2.45, 2.75) is 39.4 Å². The van der Waals surface area contributed by atoms with E-state index in [-0.39, 0.29) is 0 Å². The highest BCUT2D eigenvalue weighted by Gasteiger charge is 2.21. The zero-order valence-electron chi connectivity index (χ0n) is 9.48. The summed E-state index contributed by atoms with van der Waals surface area (Å²) in [5.41, 5.74) is 5.87. The lowest BCUT2D eigenvalue weighted by Gasteiger charge is -2.14. The van der Waals surface area contributed by atoms with Gasteiger partial charge in [0.25, 0.3) is 0 Å². The van der Waals surface area contributed by atoms with Crippen LogP contribution in [-0.2, 0) is 13.1 Å². The van der Waals surface area contributed by atoms with E-state index in [9.17, 15) is 0 Å². The van der Waals surface area contributed by atoms with Crippen molar-refractivity contribution in [1.29, 1.82) is 0 Å². The van der Waals surface area contributed by atoms with Crippen LogP contribution in [0.2, 0.25) is 0 Å². The molecule has 1 aromatic heterocycles. The number of aryl methyl sites for hydroxylation is 1. The summed E-state index contributed by atoms with van der Waals surface area (Å²) in [6, 6.07) is 0.337. The average molecular weight is 209 g/mol. The third kappa shape index (κ3) is 2.18. The summed E-state index contributed by atoms with van der Waals surface area (Å²) in [6.45, 7) is 7.99. The van der Waals surface area contributed by atoms with E-state index in [0.29, 0.717) is 6.04 Å². The van der Waals surface area contributed by atoms with Gasteiger partial charge in [0.2, 0.25) is 0 Å². The van der Waals surface area contributed by atoms with Crippen LogP contribution in [0.15, 0.2) is 0 Å². The first-order chi connectivity index (χ1) is 7.20. The van der Waals surface area contributed by atoms with Gasteiger partial charge in [-0.05, 0) is 20.3 Å². The molecule has 5 nitrogen and oxygen atoms in total. The van der Waals surface area contributed by atoms with E-state index in [2.05, 4.69) is 26.6 Å². The second-order valence-electron chi connectivity index (χ2n) is 4.19. The first-order valence-corrected chi connectivity index (χ1v) is 5.57. The van der Waals surface area contributed by atoms with Crippen LogP contribution < -0.4 is 5.73 Å². The molecule has 0 saturated carbocycles.